The van der Waals surface area contributed by atoms with Gasteiger partial charge < -0.3 is 16.0 Å². The van der Waals surface area contributed by atoms with E-state index in [0.29, 0.717) is 5.92 Å². The second kappa shape index (κ2) is 7.41. The Kier molecular flexibility index (Phi) is 5.85. The topological polar surface area (TPSA) is 58.4 Å². The first-order chi connectivity index (χ1) is 9.56. The summed E-state index contributed by atoms with van der Waals surface area (Å²) in [7, 11) is 0. The molecule has 2 aliphatic rings. The zero-order chi connectivity index (χ0) is 14.5. The van der Waals surface area contributed by atoms with Crippen molar-refractivity contribution in [1.82, 2.24) is 10.2 Å². The minimum absolute atomic E-state index is 0.125. The molecule has 3 unspecified atom stereocenters. The van der Waals surface area contributed by atoms with E-state index in [9.17, 15) is 4.79 Å². The van der Waals surface area contributed by atoms with Crippen LogP contribution in [0.3, 0.4) is 0 Å². The maximum atomic E-state index is 12.3. The first-order valence-electron chi connectivity index (χ1n) is 8.32. The van der Waals surface area contributed by atoms with E-state index >= 15 is 0 Å². The number of nitrogens with zero attached hydrogens (tertiary/aromatic N) is 1. The molecule has 4 heteroatoms. The van der Waals surface area contributed by atoms with Crippen LogP contribution in [0.2, 0.25) is 0 Å². The quantitative estimate of drug-likeness (QED) is 0.823. The van der Waals surface area contributed by atoms with Crippen molar-refractivity contribution in [2.45, 2.75) is 52.0 Å². The van der Waals surface area contributed by atoms with E-state index in [4.69, 9.17) is 5.73 Å². The van der Waals surface area contributed by atoms with Gasteiger partial charge >= 0.3 is 0 Å². The van der Waals surface area contributed by atoms with E-state index in [0.717, 1.165) is 38.3 Å². The molecule has 2 fully saturated rings. The molecule has 116 valence electrons. The summed E-state index contributed by atoms with van der Waals surface area (Å²) in [5.74, 6) is 1.69. The molecule has 2 rings (SSSR count). The molecule has 0 radical (unpaired) electrons. The Morgan fingerprint density at radius 2 is 1.90 bits per heavy atom. The highest BCUT2D eigenvalue weighted by Gasteiger charge is 2.31. The number of carbonyl (C=O) groups is 1. The fourth-order valence-corrected chi connectivity index (χ4v) is 3.47. The number of likely N-dealkylation sites (tertiary alicyclic amines) is 1. The van der Waals surface area contributed by atoms with Crippen LogP contribution in [0, 0.1) is 17.8 Å². The molecule has 1 aliphatic carbocycles. The molecule has 4 nitrogen and oxygen atoms in total. The van der Waals surface area contributed by atoms with Crippen LogP contribution in [0.15, 0.2) is 0 Å². The normalized spacial score (nSPS) is 33.0. The van der Waals surface area contributed by atoms with Gasteiger partial charge in [0.05, 0.1) is 0 Å². The average molecular weight is 281 g/mol. The van der Waals surface area contributed by atoms with Crippen molar-refractivity contribution in [2.75, 3.05) is 26.2 Å². The lowest BCUT2D eigenvalue weighted by Gasteiger charge is -2.32. The largest absolute Gasteiger partial charge is 0.355 e. The summed E-state index contributed by atoms with van der Waals surface area (Å²) in [6.07, 6.45) is 5.60. The van der Waals surface area contributed by atoms with Gasteiger partial charge in [-0.2, -0.15) is 0 Å². The monoisotopic (exact) mass is 281 g/mol. The molecule has 20 heavy (non-hydrogen) atoms. The van der Waals surface area contributed by atoms with Crippen molar-refractivity contribution in [1.29, 1.82) is 0 Å². The number of piperidine rings is 1. The van der Waals surface area contributed by atoms with E-state index in [1.165, 1.54) is 25.9 Å². The second-order valence-electron chi connectivity index (χ2n) is 6.97. The maximum Gasteiger partial charge on any atom is 0.223 e. The number of carbonyl (C=O) groups excluding carboxylic acids is 1. The van der Waals surface area contributed by atoms with Crippen LogP contribution in [-0.2, 0) is 4.79 Å². The van der Waals surface area contributed by atoms with Crippen LogP contribution in [0.5, 0.6) is 0 Å². The molecular weight excluding hydrogens is 250 g/mol. The third-order valence-electron chi connectivity index (χ3n) is 5.18. The minimum atomic E-state index is 0.125. The van der Waals surface area contributed by atoms with Crippen LogP contribution in [0.1, 0.15) is 46.0 Å². The van der Waals surface area contributed by atoms with E-state index in [1.807, 2.05) is 0 Å². The molecule has 1 saturated carbocycles. The van der Waals surface area contributed by atoms with Gasteiger partial charge in [0.15, 0.2) is 0 Å². The predicted molar refractivity (Wildman–Crippen MR) is 82.3 cm³/mol. The third kappa shape index (κ3) is 4.45. The summed E-state index contributed by atoms with van der Waals surface area (Å²) in [5.41, 5.74) is 6.00. The number of nitrogens with one attached hydrogen (secondary N) is 1. The van der Waals surface area contributed by atoms with Crippen molar-refractivity contribution < 1.29 is 4.79 Å². The zero-order valence-electron chi connectivity index (χ0n) is 13.1. The van der Waals surface area contributed by atoms with Gasteiger partial charge in [0.1, 0.15) is 0 Å². The zero-order valence-corrected chi connectivity index (χ0v) is 13.1. The molecular formula is C16H31N3O. The maximum absolute atomic E-state index is 12.3. The number of hydrogen-bond donors (Lipinski definition) is 2. The molecule has 1 saturated heterocycles. The highest BCUT2D eigenvalue weighted by Crippen LogP contribution is 2.29. The first kappa shape index (κ1) is 15.8. The van der Waals surface area contributed by atoms with E-state index in [2.05, 4.69) is 24.1 Å². The van der Waals surface area contributed by atoms with Crippen molar-refractivity contribution in [3.8, 4) is 0 Å². The van der Waals surface area contributed by atoms with Gasteiger partial charge in [0, 0.05) is 25.0 Å². The van der Waals surface area contributed by atoms with Gasteiger partial charge in [-0.3, -0.25) is 4.79 Å². The van der Waals surface area contributed by atoms with Crippen LogP contribution in [0.25, 0.3) is 0 Å². The Hall–Kier alpha value is -0.610. The predicted octanol–water partition coefficient (Wildman–Crippen LogP) is 1.60. The summed E-state index contributed by atoms with van der Waals surface area (Å²) in [6.45, 7) is 8.65. The van der Waals surface area contributed by atoms with Gasteiger partial charge in [0.25, 0.3) is 0 Å². The Morgan fingerprint density at radius 3 is 2.60 bits per heavy atom. The molecule has 3 atom stereocenters. The molecule has 1 amide bonds. The van der Waals surface area contributed by atoms with Crippen LogP contribution in [-0.4, -0.2) is 43.0 Å². The average Bonchev–Trinajstić information content (AvgIpc) is 2.43. The summed E-state index contributed by atoms with van der Waals surface area (Å²) >= 11 is 0. The van der Waals surface area contributed by atoms with E-state index in [1.54, 1.807) is 0 Å². The smallest absolute Gasteiger partial charge is 0.223 e. The molecule has 0 aromatic rings. The van der Waals surface area contributed by atoms with E-state index < -0.39 is 0 Å². The standard InChI is InChI=1S/C16H31N3O/c1-12-5-8-19(9-6-12)10-7-18-16(20)15-11-14(17)4-3-13(15)2/h12-15H,3-11,17H2,1-2H3,(H,18,20). The molecule has 0 bridgehead atoms. The van der Waals surface area contributed by atoms with Crippen LogP contribution >= 0.6 is 0 Å². The molecule has 3 N–H and O–H groups in total. The molecule has 0 aromatic carbocycles. The summed E-state index contributed by atoms with van der Waals surface area (Å²) in [6, 6.07) is 0.213. The van der Waals surface area contributed by atoms with Gasteiger partial charge in [-0.15, -0.1) is 0 Å². The first-order valence-corrected chi connectivity index (χ1v) is 8.32. The van der Waals surface area contributed by atoms with Crippen molar-refractivity contribution >= 4 is 5.91 Å². The van der Waals surface area contributed by atoms with Gasteiger partial charge in [-0.25, -0.2) is 0 Å². The Morgan fingerprint density at radius 1 is 1.20 bits per heavy atom. The third-order valence-corrected chi connectivity index (χ3v) is 5.18. The highest BCUT2D eigenvalue weighted by molar-refractivity contribution is 5.79. The summed E-state index contributed by atoms with van der Waals surface area (Å²) < 4.78 is 0. The van der Waals surface area contributed by atoms with Crippen molar-refractivity contribution in [3.63, 3.8) is 0 Å². The lowest BCUT2D eigenvalue weighted by atomic mass is 9.78. The number of hydrogen-bond acceptors (Lipinski definition) is 3. The fraction of sp³-hybridized carbons (Fsp3) is 0.938. The molecule has 0 spiro atoms. The van der Waals surface area contributed by atoms with Crippen LogP contribution < -0.4 is 11.1 Å². The lowest BCUT2D eigenvalue weighted by Crippen LogP contribution is -2.44. The molecule has 0 aromatic heterocycles. The van der Waals surface area contributed by atoms with E-state index in [-0.39, 0.29) is 17.9 Å². The Bertz CT molecular complexity index is 313. The number of amides is 1. The van der Waals surface area contributed by atoms with Gasteiger partial charge in [-0.1, -0.05) is 13.8 Å². The second-order valence-corrected chi connectivity index (χ2v) is 6.97. The summed E-state index contributed by atoms with van der Waals surface area (Å²) in [4.78, 5) is 14.7. The minimum Gasteiger partial charge on any atom is -0.355 e. The highest BCUT2D eigenvalue weighted by atomic mass is 16.1. The fourth-order valence-electron chi connectivity index (χ4n) is 3.47. The van der Waals surface area contributed by atoms with Gasteiger partial charge in [0.2, 0.25) is 5.91 Å². The number of nitrogens with two attached hydrogens (primary N) is 1. The van der Waals surface area contributed by atoms with Crippen molar-refractivity contribution in [3.05, 3.63) is 0 Å². The summed E-state index contributed by atoms with van der Waals surface area (Å²) in [5, 5.41) is 3.13. The van der Waals surface area contributed by atoms with Crippen molar-refractivity contribution in [2.24, 2.45) is 23.5 Å². The van der Waals surface area contributed by atoms with Gasteiger partial charge in [-0.05, 0) is 57.0 Å². The molecule has 1 aliphatic heterocycles. The SMILES string of the molecule is CC1CCN(CCNC(=O)C2CC(N)CCC2C)CC1. The molecule has 1 heterocycles. The Balaban J connectivity index is 1.67. The Labute approximate surface area is 123 Å². The van der Waals surface area contributed by atoms with Crippen LogP contribution in [0.4, 0.5) is 0 Å². The lowest BCUT2D eigenvalue weighted by molar-refractivity contribution is -0.127. The number of rotatable bonds is 4.